The minimum Gasteiger partial charge on any atom is -0.189 e. The van der Waals surface area contributed by atoms with Crippen molar-refractivity contribution in [2.75, 3.05) is 0 Å². The van der Waals surface area contributed by atoms with Gasteiger partial charge in [-0.05, 0) is 23.6 Å². The topological polar surface area (TPSA) is 34.1 Å². The van der Waals surface area contributed by atoms with Crippen molar-refractivity contribution >= 4 is 21.8 Å². The molecular formula is C9H10ClFO2S. The van der Waals surface area contributed by atoms with Crippen LogP contribution in [0, 0.1) is 0 Å². The smallest absolute Gasteiger partial charge is 0.189 e. The Balaban J connectivity index is 3.27. The third-order valence-corrected chi connectivity index (χ3v) is 3.02. The molecule has 1 aromatic rings. The third kappa shape index (κ3) is 2.45. The van der Waals surface area contributed by atoms with E-state index >= 15 is 0 Å². The quantitative estimate of drug-likeness (QED) is 0.740. The Morgan fingerprint density at radius 2 is 1.93 bits per heavy atom. The van der Waals surface area contributed by atoms with E-state index in [0.29, 0.717) is 0 Å². The molecule has 0 aliphatic rings. The van der Waals surface area contributed by atoms with E-state index in [0.717, 1.165) is 11.6 Å². The first-order valence-electron chi connectivity index (χ1n) is 4.06. The van der Waals surface area contributed by atoms with Gasteiger partial charge >= 0.3 is 10.2 Å². The normalized spacial score (nSPS) is 12.1. The second kappa shape index (κ2) is 3.87. The first kappa shape index (κ1) is 11.5. The molecule has 0 saturated heterocycles. The summed E-state index contributed by atoms with van der Waals surface area (Å²) in [4.78, 5) is -0.396. The van der Waals surface area contributed by atoms with Crippen molar-refractivity contribution in [1.82, 2.24) is 0 Å². The van der Waals surface area contributed by atoms with Crippen LogP contribution >= 0.6 is 11.6 Å². The van der Waals surface area contributed by atoms with Crippen molar-refractivity contribution in [3.05, 3.63) is 28.8 Å². The van der Waals surface area contributed by atoms with Gasteiger partial charge in [-0.2, -0.15) is 8.42 Å². The standard InChI is InChI=1S/C9H10ClFO2S/c1-6(2)8-4-3-7(5-9(8)10)14(11,12)13/h3-6H,1-2H3. The molecule has 0 saturated carbocycles. The van der Waals surface area contributed by atoms with Gasteiger partial charge in [0.25, 0.3) is 0 Å². The maximum Gasteiger partial charge on any atom is 0.332 e. The van der Waals surface area contributed by atoms with Crippen molar-refractivity contribution < 1.29 is 12.3 Å². The van der Waals surface area contributed by atoms with Crippen LogP contribution in [0.15, 0.2) is 23.1 Å². The van der Waals surface area contributed by atoms with Crippen LogP contribution in [0.5, 0.6) is 0 Å². The van der Waals surface area contributed by atoms with E-state index in [-0.39, 0.29) is 10.9 Å². The Kier molecular flexibility index (Phi) is 3.17. The Labute approximate surface area is 87.9 Å². The highest BCUT2D eigenvalue weighted by molar-refractivity contribution is 7.86. The highest BCUT2D eigenvalue weighted by atomic mass is 35.5. The van der Waals surface area contributed by atoms with Crippen molar-refractivity contribution in [2.24, 2.45) is 0 Å². The van der Waals surface area contributed by atoms with Gasteiger partial charge in [-0.3, -0.25) is 0 Å². The fourth-order valence-corrected chi connectivity index (χ4v) is 2.08. The first-order chi connectivity index (χ1) is 6.32. The lowest BCUT2D eigenvalue weighted by Crippen LogP contribution is -1.95. The van der Waals surface area contributed by atoms with E-state index in [9.17, 15) is 12.3 Å². The molecule has 1 rings (SSSR count). The van der Waals surface area contributed by atoms with Crippen LogP contribution in [0.4, 0.5) is 3.89 Å². The van der Waals surface area contributed by atoms with Crippen molar-refractivity contribution in [3.63, 3.8) is 0 Å². The lowest BCUT2D eigenvalue weighted by Gasteiger charge is -2.07. The lowest BCUT2D eigenvalue weighted by molar-refractivity contribution is 0.552. The summed E-state index contributed by atoms with van der Waals surface area (Å²) < 4.78 is 33.6. The van der Waals surface area contributed by atoms with Crippen LogP contribution in [0.3, 0.4) is 0 Å². The first-order valence-corrected chi connectivity index (χ1v) is 5.82. The van der Waals surface area contributed by atoms with Gasteiger partial charge in [0.05, 0.1) is 4.90 Å². The van der Waals surface area contributed by atoms with Gasteiger partial charge in [0, 0.05) is 5.02 Å². The van der Waals surface area contributed by atoms with Gasteiger partial charge < -0.3 is 0 Å². The average molecular weight is 237 g/mol. The zero-order valence-corrected chi connectivity index (χ0v) is 9.36. The van der Waals surface area contributed by atoms with Gasteiger partial charge in [-0.25, -0.2) is 0 Å². The summed E-state index contributed by atoms with van der Waals surface area (Å²) in [5, 5.41) is 0.277. The maximum atomic E-state index is 12.5. The number of hydrogen-bond donors (Lipinski definition) is 0. The van der Waals surface area contributed by atoms with E-state index in [1.54, 1.807) is 0 Å². The molecule has 0 N–H and O–H groups in total. The Morgan fingerprint density at radius 3 is 2.29 bits per heavy atom. The van der Waals surface area contributed by atoms with Crippen LogP contribution in [0.1, 0.15) is 25.3 Å². The van der Waals surface area contributed by atoms with Crippen molar-refractivity contribution in [1.29, 1.82) is 0 Å². The highest BCUT2D eigenvalue weighted by Gasteiger charge is 2.14. The van der Waals surface area contributed by atoms with Gasteiger partial charge in [0.15, 0.2) is 0 Å². The Hall–Kier alpha value is -0.610. The molecule has 0 aromatic heterocycles. The Bertz CT molecular complexity index is 440. The van der Waals surface area contributed by atoms with Gasteiger partial charge in [0.1, 0.15) is 0 Å². The van der Waals surface area contributed by atoms with Crippen LogP contribution in [-0.4, -0.2) is 8.42 Å². The molecule has 14 heavy (non-hydrogen) atoms. The molecule has 0 bridgehead atoms. The van der Waals surface area contributed by atoms with E-state index in [1.165, 1.54) is 12.1 Å². The van der Waals surface area contributed by atoms with E-state index in [4.69, 9.17) is 11.6 Å². The minimum atomic E-state index is -4.65. The molecule has 0 radical (unpaired) electrons. The molecule has 0 aliphatic carbocycles. The number of benzene rings is 1. The molecular weight excluding hydrogens is 227 g/mol. The summed E-state index contributed by atoms with van der Waals surface area (Å²) >= 11 is 5.80. The number of rotatable bonds is 2. The van der Waals surface area contributed by atoms with Crippen LogP contribution in [0.25, 0.3) is 0 Å². The van der Waals surface area contributed by atoms with Crippen LogP contribution in [0.2, 0.25) is 5.02 Å². The van der Waals surface area contributed by atoms with E-state index in [1.807, 2.05) is 13.8 Å². The fraction of sp³-hybridized carbons (Fsp3) is 0.333. The molecule has 0 aliphatic heterocycles. The molecule has 2 nitrogen and oxygen atoms in total. The predicted octanol–water partition coefficient (Wildman–Crippen LogP) is 3.12. The molecule has 78 valence electrons. The molecule has 1 aromatic carbocycles. The van der Waals surface area contributed by atoms with E-state index < -0.39 is 15.1 Å². The lowest BCUT2D eigenvalue weighted by atomic mass is 10.0. The summed E-state index contributed by atoms with van der Waals surface area (Å²) in [6.07, 6.45) is 0. The summed E-state index contributed by atoms with van der Waals surface area (Å²) in [6.45, 7) is 3.84. The van der Waals surface area contributed by atoms with Gasteiger partial charge in [0.2, 0.25) is 0 Å². The highest BCUT2D eigenvalue weighted by Crippen LogP contribution is 2.27. The molecule has 0 fully saturated rings. The zero-order chi connectivity index (χ0) is 10.9. The molecule has 0 atom stereocenters. The Morgan fingerprint density at radius 1 is 1.36 bits per heavy atom. The summed E-state index contributed by atoms with van der Waals surface area (Å²) in [6, 6.07) is 3.88. The molecule has 0 heterocycles. The summed E-state index contributed by atoms with van der Waals surface area (Å²) in [5.41, 5.74) is 0.805. The van der Waals surface area contributed by atoms with Crippen molar-refractivity contribution in [3.8, 4) is 0 Å². The monoisotopic (exact) mass is 236 g/mol. The van der Waals surface area contributed by atoms with Gasteiger partial charge in [-0.1, -0.05) is 31.5 Å². The summed E-state index contributed by atoms with van der Waals surface area (Å²) in [5.74, 6) is 0.180. The maximum absolute atomic E-state index is 12.5. The van der Waals surface area contributed by atoms with Crippen LogP contribution in [-0.2, 0) is 10.2 Å². The molecule has 0 spiro atoms. The number of hydrogen-bond acceptors (Lipinski definition) is 2. The summed E-state index contributed by atoms with van der Waals surface area (Å²) in [7, 11) is -4.65. The number of halogens is 2. The largest absolute Gasteiger partial charge is 0.332 e. The molecule has 5 heteroatoms. The van der Waals surface area contributed by atoms with E-state index in [2.05, 4.69) is 0 Å². The molecule has 0 unspecified atom stereocenters. The van der Waals surface area contributed by atoms with Crippen molar-refractivity contribution in [2.45, 2.75) is 24.7 Å². The minimum absolute atomic E-state index is 0.180. The van der Waals surface area contributed by atoms with Crippen LogP contribution < -0.4 is 0 Å². The predicted molar refractivity (Wildman–Crippen MR) is 53.8 cm³/mol. The van der Waals surface area contributed by atoms with Gasteiger partial charge in [-0.15, -0.1) is 3.89 Å². The average Bonchev–Trinajstić information content (AvgIpc) is 2.01. The fourth-order valence-electron chi connectivity index (χ4n) is 1.13. The second-order valence-corrected chi connectivity index (χ2v) is 5.03. The zero-order valence-electron chi connectivity index (χ0n) is 7.79. The molecule has 0 amide bonds. The SMILES string of the molecule is CC(C)c1ccc(S(=O)(=O)F)cc1Cl. The third-order valence-electron chi connectivity index (χ3n) is 1.88. The second-order valence-electron chi connectivity index (χ2n) is 3.28.